The first-order valence-corrected chi connectivity index (χ1v) is 6.98. The summed E-state index contributed by atoms with van der Waals surface area (Å²) >= 11 is 0. The molecule has 5 nitrogen and oxygen atoms in total. The minimum Gasteiger partial charge on any atom is -0.493 e. The number of nitrogens with one attached hydrogen (secondary N) is 1. The van der Waals surface area contributed by atoms with Crippen LogP contribution in [0.1, 0.15) is 13.3 Å². The number of rotatable bonds is 5. The van der Waals surface area contributed by atoms with Crippen molar-refractivity contribution in [3.8, 4) is 11.5 Å². The number of para-hydroxylation sites is 2. The van der Waals surface area contributed by atoms with Gasteiger partial charge in [-0.3, -0.25) is 4.79 Å². The minimum atomic E-state index is 0. The number of hydrogen-bond acceptors (Lipinski definition) is 4. The number of benzene rings is 1. The number of halogens is 1. The molecule has 1 atom stereocenters. The van der Waals surface area contributed by atoms with Crippen LogP contribution in [-0.4, -0.2) is 50.2 Å². The average Bonchev–Trinajstić information content (AvgIpc) is 2.48. The predicted octanol–water partition coefficient (Wildman–Crippen LogP) is 1.71. The molecule has 0 bridgehead atoms. The van der Waals surface area contributed by atoms with Crippen molar-refractivity contribution in [2.75, 3.05) is 33.4 Å². The number of methoxy groups -OCH3 is 1. The Balaban J connectivity index is 0.00000220. The first-order valence-electron chi connectivity index (χ1n) is 6.98. The third kappa shape index (κ3) is 4.79. The fourth-order valence-electron chi connectivity index (χ4n) is 2.34. The summed E-state index contributed by atoms with van der Waals surface area (Å²) < 4.78 is 10.8. The van der Waals surface area contributed by atoms with E-state index >= 15 is 0 Å². The molecule has 0 saturated carbocycles. The zero-order valence-corrected chi connectivity index (χ0v) is 13.3. The van der Waals surface area contributed by atoms with Crippen LogP contribution < -0.4 is 14.8 Å². The molecule has 1 fully saturated rings. The summed E-state index contributed by atoms with van der Waals surface area (Å²) in [5, 5.41) is 3.27. The number of ether oxygens (including phenoxy) is 2. The maximum absolute atomic E-state index is 12.1. The van der Waals surface area contributed by atoms with E-state index in [9.17, 15) is 4.79 Å². The lowest BCUT2D eigenvalue weighted by Crippen LogP contribution is -2.52. The third-order valence-corrected chi connectivity index (χ3v) is 3.46. The number of carbonyl (C=O) groups is 1. The second kappa shape index (κ2) is 8.74. The average molecular weight is 315 g/mol. The van der Waals surface area contributed by atoms with Crippen molar-refractivity contribution in [1.29, 1.82) is 0 Å². The van der Waals surface area contributed by atoms with E-state index in [0.717, 1.165) is 19.6 Å². The van der Waals surface area contributed by atoms with Crippen LogP contribution >= 0.6 is 12.4 Å². The summed E-state index contributed by atoms with van der Waals surface area (Å²) in [5.74, 6) is 1.51. The maximum atomic E-state index is 12.1. The molecule has 2 rings (SSSR count). The van der Waals surface area contributed by atoms with Crippen molar-refractivity contribution in [1.82, 2.24) is 10.2 Å². The highest BCUT2D eigenvalue weighted by molar-refractivity contribution is 5.85. The van der Waals surface area contributed by atoms with Gasteiger partial charge in [-0.1, -0.05) is 12.1 Å². The number of piperazine rings is 1. The highest BCUT2D eigenvalue weighted by Crippen LogP contribution is 2.25. The van der Waals surface area contributed by atoms with Gasteiger partial charge in [0.15, 0.2) is 11.5 Å². The molecule has 1 N–H and O–H groups in total. The molecule has 1 saturated heterocycles. The van der Waals surface area contributed by atoms with Crippen LogP contribution in [0.2, 0.25) is 0 Å². The molecule has 1 aromatic carbocycles. The summed E-state index contributed by atoms with van der Waals surface area (Å²) in [5.41, 5.74) is 0. The van der Waals surface area contributed by atoms with Crippen LogP contribution in [0.25, 0.3) is 0 Å². The normalized spacial score (nSPS) is 17.8. The van der Waals surface area contributed by atoms with Gasteiger partial charge in [0, 0.05) is 25.7 Å². The van der Waals surface area contributed by atoms with Crippen molar-refractivity contribution in [3.63, 3.8) is 0 Å². The zero-order valence-electron chi connectivity index (χ0n) is 12.5. The molecule has 0 spiro atoms. The quantitative estimate of drug-likeness (QED) is 0.899. The number of hydrogen-bond donors (Lipinski definition) is 1. The monoisotopic (exact) mass is 314 g/mol. The molecule has 6 heteroatoms. The molecule has 1 amide bonds. The molecule has 1 aliphatic rings. The molecule has 21 heavy (non-hydrogen) atoms. The molecule has 118 valence electrons. The van der Waals surface area contributed by atoms with E-state index in [1.165, 1.54) is 0 Å². The van der Waals surface area contributed by atoms with Gasteiger partial charge >= 0.3 is 0 Å². The van der Waals surface area contributed by atoms with Crippen LogP contribution in [0.5, 0.6) is 11.5 Å². The van der Waals surface area contributed by atoms with E-state index in [1.807, 2.05) is 29.2 Å². The van der Waals surface area contributed by atoms with Gasteiger partial charge in [-0.15, -0.1) is 12.4 Å². The van der Waals surface area contributed by atoms with Gasteiger partial charge in [-0.2, -0.15) is 0 Å². The lowest BCUT2D eigenvalue weighted by Gasteiger charge is -2.34. The third-order valence-electron chi connectivity index (χ3n) is 3.46. The van der Waals surface area contributed by atoms with Gasteiger partial charge in [0.05, 0.1) is 20.1 Å². The molecule has 0 aliphatic carbocycles. The number of amides is 1. The number of nitrogens with zero attached hydrogens (tertiary/aromatic N) is 1. The summed E-state index contributed by atoms with van der Waals surface area (Å²) in [6.45, 7) is 4.93. The largest absolute Gasteiger partial charge is 0.493 e. The second-order valence-corrected chi connectivity index (χ2v) is 4.89. The second-order valence-electron chi connectivity index (χ2n) is 4.89. The SMILES string of the molecule is COc1ccccc1OCCC(=O)N1CCNC[C@H]1C.Cl. The van der Waals surface area contributed by atoms with Crippen LogP contribution in [0.4, 0.5) is 0 Å². The van der Waals surface area contributed by atoms with E-state index in [1.54, 1.807) is 7.11 Å². The van der Waals surface area contributed by atoms with E-state index in [-0.39, 0.29) is 24.4 Å². The van der Waals surface area contributed by atoms with E-state index in [0.29, 0.717) is 24.5 Å². The topological polar surface area (TPSA) is 50.8 Å². The van der Waals surface area contributed by atoms with Gasteiger partial charge < -0.3 is 19.7 Å². The van der Waals surface area contributed by atoms with Gasteiger partial charge in [0.1, 0.15) is 0 Å². The molecule has 1 aliphatic heterocycles. The molecule has 0 radical (unpaired) electrons. The lowest BCUT2D eigenvalue weighted by molar-refractivity contribution is -0.134. The lowest BCUT2D eigenvalue weighted by atomic mass is 10.2. The Labute approximate surface area is 132 Å². The Morgan fingerprint density at radius 1 is 1.38 bits per heavy atom. The Hall–Kier alpha value is -1.46. The first kappa shape index (κ1) is 17.6. The Kier molecular flexibility index (Phi) is 7.32. The Bertz CT molecular complexity index is 456. The predicted molar refractivity (Wildman–Crippen MR) is 84.4 cm³/mol. The van der Waals surface area contributed by atoms with Gasteiger partial charge in [0.25, 0.3) is 0 Å². The van der Waals surface area contributed by atoms with Crippen molar-refractivity contribution in [2.24, 2.45) is 0 Å². The first-order chi connectivity index (χ1) is 9.72. The fourth-order valence-corrected chi connectivity index (χ4v) is 2.34. The summed E-state index contributed by atoms with van der Waals surface area (Å²) in [6.07, 6.45) is 0.391. The number of carbonyl (C=O) groups excluding carboxylic acids is 1. The summed E-state index contributed by atoms with van der Waals surface area (Å²) in [6, 6.07) is 7.71. The van der Waals surface area contributed by atoms with E-state index in [4.69, 9.17) is 9.47 Å². The van der Waals surface area contributed by atoms with E-state index in [2.05, 4.69) is 12.2 Å². The van der Waals surface area contributed by atoms with Gasteiger partial charge in [-0.05, 0) is 19.1 Å². The van der Waals surface area contributed by atoms with Crippen molar-refractivity contribution in [2.45, 2.75) is 19.4 Å². The van der Waals surface area contributed by atoms with Gasteiger partial charge in [-0.25, -0.2) is 0 Å². The maximum Gasteiger partial charge on any atom is 0.226 e. The van der Waals surface area contributed by atoms with Crippen LogP contribution in [-0.2, 0) is 4.79 Å². The summed E-state index contributed by atoms with van der Waals surface area (Å²) in [7, 11) is 1.61. The molecular formula is C15H23ClN2O3. The Morgan fingerprint density at radius 3 is 2.76 bits per heavy atom. The zero-order chi connectivity index (χ0) is 14.4. The van der Waals surface area contributed by atoms with Crippen LogP contribution in [0, 0.1) is 0 Å². The minimum absolute atomic E-state index is 0. The Morgan fingerprint density at radius 2 is 2.10 bits per heavy atom. The molecule has 0 aromatic heterocycles. The van der Waals surface area contributed by atoms with E-state index < -0.39 is 0 Å². The van der Waals surface area contributed by atoms with Gasteiger partial charge in [0.2, 0.25) is 5.91 Å². The molecule has 1 heterocycles. The highest BCUT2D eigenvalue weighted by atomic mass is 35.5. The smallest absolute Gasteiger partial charge is 0.226 e. The highest BCUT2D eigenvalue weighted by Gasteiger charge is 2.22. The van der Waals surface area contributed by atoms with Crippen molar-refractivity contribution < 1.29 is 14.3 Å². The summed E-state index contributed by atoms with van der Waals surface area (Å²) in [4.78, 5) is 14.1. The molecule has 1 aromatic rings. The molecular weight excluding hydrogens is 292 g/mol. The van der Waals surface area contributed by atoms with Crippen LogP contribution in [0.15, 0.2) is 24.3 Å². The fraction of sp³-hybridized carbons (Fsp3) is 0.533. The van der Waals surface area contributed by atoms with Crippen molar-refractivity contribution >= 4 is 18.3 Å². The standard InChI is InChI=1S/C15H22N2O3.ClH/c1-12-11-16-8-9-17(12)15(18)7-10-20-14-6-4-3-5-13(14)19-2;/h3-6,12,16H,7-11H2,1-2H3;1H/t12-;/m1./s1. The molecule has 0 unspecified atom stereocenters. The van der Waals surface area contributed by atoms with Crippen LogP contribution in [0.3, 0.4) is 0 Å². The van der Waals surface area contributed by atoms with Crippen molar-refractivity contribution in [3.05, 3.63) is 24.3 Å².